The van der Waals surface area contributed by atoms with Crippen LogP contribution >= 0.6 is 11.3 Å². The molecule has 1 atom stereocenters. The number of aromatic nitrogens is 4. The van der Waals surface area contributed by atoms with Crippen molar-refractivity contribution in [2.24, 2.45) is 5.92 Å². The fourth-order valence-corrected chi connectivity index (χ4v) is 5.13. The van der Waals surface area contributed by atoms with Gasteiger partial charge in [-0.05, 0) is 61.9 Å². The normalized spacial score (nSPS) is 15.2. The number of nitrogens with zero attached hydrogens (tertiary/aromatic N) is 5. The summed E-state index contributed by atoms with van der Waals surface area (Å²) in [5, 5.41) is 22.0. The lowest BCUT2D eigenvalue weighted by Crippen LogP contribution is -2.14. The number of hydrogen-bond donors (Lipinski definition) is 2. The van der Waals surface area contributed by atoms with Crippen LogP contribution in [0.2, 0.25) is 0 Å². The van der Waals surface area contributed by atoms with Gasteiger partial charge in [-0.1, -0.05) is 17.4 Å². The molecule has 37 heavy (non-hydrogen) atoms. The number of hydrogen-bond acceptors (Lipinski definition) is 9. The van der Waals surface area contributed by atoms with Crippen LogP contribution in [0.25, 0.3) is 27.2 Å². The van der Waals surface area contributed by atoms with E-state index in [1.807, 2.05) is 6.92 Å². The van der Waals surface area contributed by atoms with Gasteiger partial charge in [-0.3, -0.25) is 15.1 Å². The largest absolute Gasteiger partial charge is 0.496 e. The molecule has 0 fully saturated rings. The van der Waals surface area contributed by atoms with Crippen molar-refractivity contribution in [1.29, 1.82) is 5.26 Å². The number of methoxy groups -OCH3 is 1. The molecule has 4 aromatic rings. The number of nitrogens with one attached hydrogen (secondary N) is 1. The van der Waals surface area contributed by atoms with Gasteiger partial charge in [0, 0.05) is 29.6 Å². The van der Waals surface area contributed by atoms with Gasteiger partial charge in [0.05, 0.1) is 36.2 Å². The summed E-state index contributed by atoms with van der Waals surface area (Å²) in [6, 6.07) is 8.99. The van der Waals surface area contributed by atoms with Crippen LogP contribution in [0.1, 0.15) is 46.6 Å². The zero-order chi connectivity index (χ0) is 25.9. The molecular formula is C27H24N6O3S. The molecule has 0 bridgehead atoms. The van der Waals surface area contributed by atoms with Gasteiger partial charge >= 0.3 is 0 Å². The van der Waals surface area contributed by atoms with Crippen molar-refractivity contribution >= 4 is 38.4 Å². The minimum absolute atomic E-state index is 0.196. The molecule has 1 aromatic carbocycles. The van der Waals surface area contributed by atoms with Crippen LogP contribution in [0.5, 0.6) is 5.75 Å². The molecule has 9 nitrogen and oxygen atoms in total. The monoisotopic (exact) mass is 512 g/mol. The number of pyridine rings is 1. The number of benzene rings is 1. The Bertz CT molecular complexity index is 1570. The highest BCUT2D eigenvalue weighted by Gasteiger charge is 2.20. The zero-order valence-electron chi connectivity index (χ0n) is 20.4. The van der Waals surface area contributed by atoms with Crippen LogP contribution in [0.3, 0.4) is 0 Å². The number of ether oxygens (including phenoxy) is 1. The summed E-state index contributed by atoms with van der Waals surface area (Å²) in [5.74, 6) is 0.451. The molecule has 0 saturated carbocycles. The Morgan fingerprint density at radius 2 is 2.11 bits per heavy atom. The van der Waals surface area contributed by atoms with Crippen molar-refractivity contribution in [2.75, 3.05) is 19.0 Å². The van der Waals surface area contributed by atoms with Crippen LogP contribution in [-0.4, -0.2) is 44.7 Å². The highest BCUT2D eigenvalue weighted by molar-refractivity contribution is 7.21. The van der Waals surface area contributed by atoms with Gasteiger partial charge < -0.3 is 9.84 Å². The summed E-state index contributed by atoms with van der Waals surface area (Å²) in [5.41, 5.74) is 5.09. The first-order chi connectivity index (χ1) is 18.0. The third-order valence-corrected chi connectivity index (χ3v) is 7.21. The van der Waals surface area contributed by atoms with Crippen molar-refractivity contribution in [2.45, 2.75) is 26.2 Å². The maximum atomic E-state index is 13.4. The average molecular weight is 513 g/mol. The molecule has 0 spiro atoms. The number of carbonyl (C=O) groups is 1. The molecule has 2 N–H and O–H groups in total. The summed E-state index contributed by atoms with van der Waals surface area (Å²) in [4.78, 5) is 31.9. The van der Waals surface area contributed by atoms with E-state index in [-0.39, 0.29) is 6.61 Å². The Balaban J connectivity index is 1.44. The highest BCUT2D eigenvalue weighted by Crippen LogP contribution is 2.35. The van der Waals surface area contributed by atoms with E-state index in [0.29, 0.717) is 49.5 Å². The second kappa shape index (κ2) is 10.4. The van der Waals surface area contributed by atoms with Crippen molar-refractivity contribution < 1.29 is 14.6 Å². The average Bonchev–Trinajstić information content (AvgIpc) is 3.34. The fourth-order valence-electron chi connectivity index (χ4n) is 4.33. The summed E-state index contributed by atoms with van der Waals surface area (Å²) in [7, 11) is 1.54. The van der Waals surface area contributed by atoms with E-state index < -0.39 is 5.91 Å². The second-order valence-electron chi connectivity index (χ2n) is 8.81. The molecule has 1 amide bonds. The van der Waals surface area contributed by atoms with Gasteiger partial charge in [0.2, 0.25) is 0 Å². The summed E-state index contributed by atoms with van der Waals surface area (Å²) >= 11 is 1.25. The van der Waals surface area contributed by atoms with E-state index in [1.54, 1.807) is 37.6 Å². The minimum Gasteiger partial charge on any atom is -0.496 e. The van der Waals surface area contributed by atoms with Crippen LogP contribution in [0, 0.1) is 24.2 Å². The van der Waals surface area contributed by atoms with E-state index in [1.165, 1.54) is 17.5 Å². The second-order valence-corrected chi connectivity index (χ2v) is 9.79. The van der Waals surface area contributed by atoms with Crippen molar-refractivity contribution in [3.05, 3.63) is 65.2 Å². The third kappa shape index (κ3) is 5.05. The topological polar surface area (TPSA) is 134 Å². The van der Waals surface area contributed by atoms with E-state index in [0.717, 1.165) is 36.2 Å². The van der Waals surface area contributed by atoms with Gasteiger partial charge in [0.15, 0.2) is 15.6 Å². The maximum Gasteiger partial charge on any atom is 0.259 e. The molecular weight excluding hydrogens is 488 g/mol. The first kappa shape index (κ1) is 24.5. The standard InChI is InChI=1S/C27H24N6O3S/c1-15-9-19(20-10-17(11-28)5-8-23(20)36-2)21(12-29-15)25(35)33-27-32-24-26(37-27)31-22(13-30-24)18-6-3-16(14-34)4-7-18/h5-6,8-10,12-13,16,34H,3-4,7,14H2,1-2H3,(H,30,32,33,35). The Hall–Kier alpha value is -4.20. The molecule has 0 saturated heterocycles. The van der Waals surface area contributed by atoms with Crippen LogP contribution in [0.15, 0.2) is 42.7 Å². The number of aliphatic hydroxyl groups is 1. The molecule has 3 heterocycles. The number of anilines is 1. The first-order valence-electron chi connectivity index (χ1n) is 11.8. The first-order valence-corrected chi connectivity index (χ1v) is 12.6. The number of rotatable bonds is 6. The van der Waals surface area contributed by atoms with Crippen LogP contribution in [0.4, 0.5) is 5.13 Å². The van der Waals surface area contributed by atoms with Crippen molar-refractivity contribution in [3.63, 3.8) is 0 Å². The van der Waals surface area contributed by atoms with E-state index in [4.69, 9.17) is 9.72 Å². The van der Waals surface area contributed by atoms with Crippen molar-refractivity contribution in [1.82, 2.24) is 19.9 Å². The molecule has 10 heteroatoms. The third-order valence-electron chi connectivity index (χ3n) is 6.35. The number of aliphatic hydroxyl groups excluding tert-OH is 1. The quantitative estimate of drug-likeness (QED) is 0.377. The number of aryl methyl sites for hydroxylation is 1. The number of carbonyl (C=O) groups excluding carboxylic acids is 1. The molecule has 1 aliphatic rings. The fraction of sp³-hybridized carbons (Fsp3) is 0.259. The Morgan fingerprint density at radius 1 is 1.24 bits per heavy atom. The van der Waals surface area contributed by atoms with Gasteiger partial charge in [-0.25, -0.2) is 9.97 Å². The number of allylic oxidation sites excluding steroid dienone is 2. The number of thiazole rings is 1. The molecule has 1 unspecified atom stereocenters. The maximum absolute atomic E-state index is 13.4. The van der Waals surface area contributed by atoms with Crippen LogP contribution < -0.4 is 10.1 Å². The zero-order valence-corrected chi connectivity index (χ0v) is 21.2. The van der Waals surface area contributed by atoms with E-state index >= 15 is 0 Å². The van der Waals surface area contributed by atoms with E-state index in [2.05, 4.69) is 32.4 Å². The summed E-state index contributed by atoms with van der Waals surface area (Å²) in [6.07, 6.45) is 7.91. The lowest BCUT2D eigenvalue weighted by molar-refractivity contribution is 0.102. The molecule has 0 aliphatic heterocycles. The Morgan fingerprint density at radius 3 is 2.84 bits per heavy atom. The summed E-state index contributed by atoms with van der Waals surface area (Å²) in [6.45, 7) is 2.03. The smallest absolute Gasteiger partial charge is 0.259 e. The molecule has 3 aromatic heterocycles. The number of amides is 1. The van der Waals surface area contributed by atoms with Gasteiger partial charge in [-0.15, -0.1) is 0 Å². The SMILES string of the molecule is COc1ccc(C#N)cc1-c1cc(C)ncc1C(=O)Nc1nc2ncc(C3=CCC(CO)CC3)nc2s1. The van der Waals surface area contributed by atoms with E-state index in [9.17, 15) is 15.2 Å². The molecule has 0 radical (unpaired) electrons. The van der Waals surface area contributed by atoms with Crippen molar-refractivity contribution in [3.8, 4) is 22.9 Å². The number of fused-ring (bicyclic) bond motifs is 1. The number of nitriles is 1. The molecule has 5 rings (SSSR count). The lowest BCUT2D eigenvalue weighted by atomic mass is 9.89. The summed E-state index contributed by atoms with van der Waals surface area (Å²) < 4.78 is 5.50. The van der Waals surface area contributed by atoms with Gasteiger partial charge in [0.1, 0.15) is 5.75 Å². The molecule has 186 valence electrons. The predicted molar refractivity (Wildman–Crippen MR) is 141 cm³/mol. The highest BCUT2D eigenvalue weighted by atomic mass is 32.1. The predicted octanol–water partition coefficient (Wildman–Crippen LogP) is 4.77. The molecule has 1 aliphatic carbocycles. The van der Waals surface area contributed by atoms with Gasteiger partial charge in [-0.2, -0.15) is 10.2 Å². The Labute approximate surface area is 217 Å². The minimum atomic E-state index is -0.392. The lowest BCUT2D eigenvalue weighted by Gasteiger charge is -2.19. The Kier molecular flexibility index (Phi) is 6.90. The van der Waals surface area contributed by atoms with Crippen LogP contribution in [-0.2, 0) is 0 Å². The van der Waals surface area contributed by atoms with Gasteiger partial charge in [0.25, 0.3) is 5.91 Å².